The van der Waals surface area contributed by atoms with Crippen LogP contribution in [0.1, 0.15) is 30.6 Å². The molecule has 0 saturated heterocycles. The monoisotopic (exact) mass is 289 g/mol. The van der Waals surface area contributed by atoms with E-state index in [4.69, 9.17) is 4.52 Å². The smallest absolute Gasteiger partial charge is 0.321 e. The number of anilines is 1. The molecule has 110 valence electrons. The van der Waals surface area contributed by atoms with E-state index >= 15 is 0 Å². The summed E-state index contributed by atoms with van der Waals surface area (Å²) in [4.78, 5) is 12.1. The number of benzene rings is 1. The average molecular weight is 289 g/mol. The largest absolute Gasteiger partial charge is 0.360 e. The fraction of sp³-hybridized carbons (Fsp3) is 0.333. The number of urea groups is 1. The van der Waals surface area contributed by atoms with E-state index in [2.05, 4.69) is 15.8 Å². The van der Waals surface area contributed by atoms with Gasteiger partial charge in [-0.05, 0) is 43.9 Å². The predicted molar refractivity (Wildman–Crippen MR) is 75.3 cm³/mol. The summed E-state index contributed by atoms with van der Waals surface area (Å²) in [5.41, 5.74) is 0.498. The fourth-order valence-electron chi connectivity index (χ4n) is 2.58. The quantitative estimate of drug-likeness (QED) is 0.910. The second kappa shape index (κ2) is 5.20. The first-order valence-electron chi connectivity index (χ1n) is 6.86. The molecule has 2 aromatic rings. The number of hydrogen-bond acceptors (Lipinski definition) is 3. The van der Waals surface area contributed by atoms with Crippen LogP contribution in [0.5, 0.6) is 0 Å². The van der Waals surface area contributed by atoms with Gasteiger partial charge in [0, 0.05) is 6.07 Å². The van der Waals surface area contributed by atoms with Crippen molar-refractivity contribution in [3.63, 3.8) is 0 Å². The van der Waals surface area contributed by atoms with Crippen molar-refractivity contribution in [3.8, 4) is 0 Å². The molecule has 0 atom stereocenters. The number of hydrogen-bond donors (Lipinski definition) is 2. The first kappa shape index (κ1) is 13.6. The molecular weight excluding hydrogens is 273 g/mol. The summed E-state index contributed by atoms with van der Waals surface area (Å²) in [5.74, 6) is 0.719. The zero-order chi connectivity index (χ0) is 14.9. The molecule has 1 aromatic carbocycles. The standard InChI is InChI=1S/C15H16FN3O2/c1-10-9-13(19-21-10)17-14(20)18-15(7-2-8-15)11-3-5-12(16)6-4-11/h3-6,9H,2,7-8H2,1H3,(H2,17,18,19,20). The Balaban J connectivity index is 1.71. The first-order valence-corrected chi connectivity index (χ1v) is 6.86. The minimum Gasteiger partial charge on any atom is -0.360 e. The van der Waals surface area contributed by atoms with Crippen LogP contribution in [0.2, 0.25) is 0 Å². The zero-order valence-electron chi connectivity index (χ0n) is 11.6. The van der Waals surface area contributed by atoms with Crippen molar-refractivity contribution in [2.24, 2.45) is 0 Å². The highest BCUT2D eigenvalue weighted by atomic mass is 19.1. The van der Waals surface area contributed by atoms with Gasteiger partial charge in [0.05, 0.1) is 5.54 Å². The lowest BCUT2D eigenvalue weighted by atomic mass is 9.72. The number of halogens is 1. The molecule has 1 saturated carbocycles. The molecule has 2 N–H and O–H groups in total. The van der Waals surface area contributed by atoms with Crippen LogP contribution in [0.25, 0.3) is 0 Å². The molecule has 1 heterocycles. The third-order valence-corrected chi connectivity index (χ3v) is 3.83. The van der Waals surface area contributed by atoms with E-state index in [1.54, 1.807) is 25.1 Å². The molecule has 0 unspecified atom stereocenters. The second-order valence-corrected chi connectivity index (χ2v) is 5.34. The summed E-state index contributed by atoms with van der Waals surface area (Å²) in [6.45, 7) is 1.75. The molecular formula is C15H16FN3O2. The summed E-state index contributed by atoms with van der Waals surface area (Å²) < 4.78 is 17.9. The summed E-state index contributed by atoms with van der Waals surface area (Å²) >= 11 is 0. The van der Waals surface area contributed by atoms with Gasteiger partial charge in [-0.25, -0.2) is 9.18 Å². The Hall–Kier alpha value is -2.37. The highest BCUT2D eigenvalue weighted by Gasteiger charge is 2.40. The number of nitrogens with zero attached hydrogens (tertiary/aromatic N) is 1. The van der Waals surface area contributed by atoms with Crippen molar-refractivity contribution in [1.82, 2.24) is 10.5 Å². The molecule has 6 heteroatoms. The van der Waals surface area contributed by atoms with Gasteiger partial charge in [0.2, 0.25) is 0 Å². The highest BCUT2D eigenvalue weighted by Crippen LogP contribution is 2.41. The molecule has 5 nitrogen and oxygen atoms in total. The predicted octanol–water partition coefficient (Wildman–Crippen LogP) is 3.32. The van der Waals surface area contributed by atoms with Gasteiger partial charge in [0.15, 0.2) is 5.82 Å². The van der Waals surface area contributed by atoms with Crippen LogP contribution in [-0.4, -0.2) is 11.2 Å². The number of carbonyl (C=O) groups is 1. The summed E-state index contributed by atoms with van der Waals surface area (Å²) in [7, 11) is 0. The van der Waals surface area contributed by atoms with Crippen LogP contribution in [0.4, 0.5) is 15.0 Å². The molecule has 0 bridgehead atoms. The number of aryl methyl sites for hydroxylation is 1. The van der Waals surface area contributed by atoms with Crippen molar-refractivity contribution in [3.05, 3.63) is 47.5 Å². The maximum Gasteiger partial charge on any atom is 0.321 e. The van der Waals surface area contributed by atoms with E-state index in [1.165, 1.54) is 12.1 Å². The van der Waals surface area contributed by atoms with E-state index in [9.17, 15) is 9.18 Å². The van der Waals surface area contributed by atoms with Gasteiger partial charge < -0.3 is 9.84 Å². The lowest BCUT2D eigenvalue weighted by Crippen LogP contribution is -2.52. The Labute approximate surface area is 121 Å². The van der Waals surface area contributed by atoms with Crippen molar-refractivity contribution in [2.75, 3.05) is 5.32 Å². The van der Waals surface area contributed by atoms with Gasteiger partial charge in [-0.15, -0.1) is 0 Å². The Kier molecular flexibility index (Phi) is 3.37. The Bertz CT molecular complexity index is 647. The summed E-state index contributed by atoms with van der Waals surface area (Å²) in [6, 6.07) is 7.56. The molecule has 1 aromatic heterocycles. The van der Waals surface area contributed by atoms with Gasteiger partial charge in [-0.3, -0.25) is 5.32 Å². The highest BCUT2D eigenvalue weighted by molar-refractivity contribution is 5.88. The third-order valence-electron chi connectivity index (χ3n) is 3.83. The van der Waals surface area contributed by atoms with Gasteiger partial charge in [0.25, 0.3) is 0 Å². The van der Waals surface area contributed by atoms with Crippen molar-refractivity contribution in [1.29, 1.82) is 0 Å². The summed E-state index contributed by atoms with van der Waals surface area (Å²) in [6.07, 6.45) is 2.70. The van der Waals surface area contributed by atoms with E-state index in [0.29, 0.717) is 11.6 Å². The number of amides is 2. The van der Waals surface area contributed by atoms with Crippen molar-refractivity contribution in [2.45, 2.75) is 31.7 Å². The minimum atomic E-state index is -0.420. The molecule has 0 spiro atoms. The van der Waals surface area contributed by atoms with Crippen LogP contribution in [0.3, 0.4) is 0 Å². The van der Waals surface area contributed by atoms with Crippen molar-refractivity contribution < 1.29 is 13.7 Å². The third kappa shape index (κ3) is 2.74. The van der Waals surface area contributed by atoms with E-state index in [-0.39, 0.29) is 11.8 Å². The fourth-order valence-corrected chi connectivity index (χ4v) is 2.58. The molecule has 1 aliphatic carbocycles. The number of nitrogens with one attached hydrogen (secondary N) is 2. The van der Waals surface area contributed by atoms with Crippen molar-refractivity contribution >= 4 is 11.8 Å². The normalized spacial score (nSPS) is 16.1. The molecule has 21 heavy (non-hydrogen) atoms. The molecule has 0 radical (unpaired) electrons. The second-order valence-electron chi connectivity index (χ2n) is 5.34. The van der Waals surface area contributed by atoms with Gasteiger partial charge in [0.1, 0.15) is 11.6 Å². The number of aromatic nitrogens is 1. The molecule has 1 fully saturated rings. The van der Waals surface area contributed by atoms with Crippen LogP contribution >= 0.6 is 0 Å². The zero-order valence-corrected chi connectivity index (χ0v) is 11.6. The maximum absolute atomic E-state index is 13.0. The summed E-state index contributed by atoms with van der Waals surface area (Å²) in [5, 5.41) is 9.33. The lowest BCUT2D eigenvalue weighted by molar-refractivity contribution is 0.185. The van der Waals surface area contributed by atoms with E-state index in [0.717, 1.165) is 24.8 Å². The molecule has 1 aliphatic rings. The van der Waals surface area contributed by atoms with E-state index < -0.39 is 5.54 Å². The SMILES string of the molecule is Cc1cc(NC(=O)NC2(c3ccc(F)cc3)CCC2)no1. The number of rotatable bonds is 3. The Morgan fingerprint density at radius 1 is 1.33 bits per heavy atom. The van der Waals surface area contributed by atoms with Crippen LogP contribution in [-0.2, 0) is 5.54 Å². The maximum atomic E-state index is 13.0. The van der Waals surface area contributed by atoms with Gasteiger partial charge in [-0.1, -0.05) is 17.3 Å². The molecule has 3 rings (SSSR count). The van der Waals surface area contributed by atoms with Crippen LogP contribution in [0.15, 0.2) is 34.9 Å². The van der Waals surface area contributed by atoms with Gasteiger partial charge in [-0.2, -0.15) is 0 Å². The number of carbonyl (C=O) groups excluding carboxylic acids is 1. The van der Waals surface area contributed by atoms with Crippen LogP contribution < -0.4 is 10.6 Å². The minimum absolute atomic E-state index is 0.282. The molecule has 0 aliphatic heterocycles. The Morgan fingerprint density at radius 2 is 2.05 bits per heavy atom. The van der Waals surface area contributed by atoms with E-state index in [1.807, 2.05) is 0 Å². The molecule has 2 amide bonds. The van der Waals surface area contributed by atoms with Crippen LogP contribution in [0, 0.1) is 12.7 Å². The Morgan fingerprint density at radius 3 is 2.57 bits per heavy atom. The topological polar surface area (TPSA) is 67.2 Å². The first-order chi connectivity index (χ1) is 10.1. The average Bonchev–Trinajstić information content (AvgIpc) is 2.80. The lowest BCUT2D eigenvalue weighted by Gasteiger charge is -2.42. The van der Waals surface area contributed by atoms with Gasteiger partial charge >= 0.3 is 6.03 Å².